The molecule has 0 heterocycles. The number of ether oxygens (including phenoxy) is 1. The molecule has 1 fully saturated rings. The summed E-state index contributed by atoms with van der Waals surface area (Å²) in [5.41, 5.74) is 1.11. The van der Waals surface area contributed by atoms with E-state index in [1.165, 1.54) is 0 Å². The van der Waals surface area contributed by atoms with Gasteiger partial charge in [0.25, 0.3) is 0 Å². The average molecular weight is 234 g/mol. The highest BCUT2D eigenvalue weighted by Gasteiger charge is 2.30. The van der Waals surface area contributed by atoms with Crippen LogP contribution >= 0.6 is 0 Å². The summed E-state index contributed by atoms with van der Waals surface area (Å²) < 4.78 is 5.79. The molecule has 92 valence electrons. The van der Waals surface area contributed by atoms with E-state index in [1.807, 2.05) is 6.07 Å². The van der Waals surface area contributed by atoms with Gasteiger partial charge in [-0.15, -0.1) is 0 Å². The molecule has 0 atom stereocenters. The first kappa shape index (κ1) is 12.0. The summed E-state index contributed by atoms with van der Waals surface area (Å²) in [5, 5.41) is 9.21. The Labute approximate surface area is 101 Å². The molecule has 17 heavy (non-hydrogen) atoms. The fraction of sp³-hybridized carbons (Fsp3) is 0.500. The molecule has 3 heteroatoms. The fourth-order valence-corrected chi connectivity index (χ4v) is 1.78. The number of carboxylic acids is 1. The first-order valence-electron chi connectivity index (χ1n) is 5.93. The van der Waals surface area contributed by atoms with E-state index in [-0.39, 0.29) is 17.1 Å². The first-order valence-corrected chi connectivity index (χ1v) is 5.93. The van der Waals surface area contributed by atoms with E-state index in [0.717, 1.165) is 18.4 Å². The second kappa shape index (κ2) is 4.06. The second-order valence-corrected chi connectivity index (χ2v) is 5.55. The first-order chi connectivity index (χ1) is 7.89. The van der Waals surface area contributed by atoms with E-state index < -0.39 is 5.97 Å². The molecule has 0 amide bonds. The van der Waals surface area contributed by atoms with Crippen LogP contribution < -0.4 is 4.74 Å². The molecule has 0 aromatic heterocycles. The van der Waals surface area contributed by atoms with Gasteiger partial charge in [-0.1, -0.05) is 32.9 Å². The van der Waals surface area contributed by atoms with E-state index in [9.17, 15) is 9.90 Å². The number of carbonyl (C=O) groups is 1. The van der Waals surface area contributed by atoms with Gasteiger partial charge in [0.2, 0.25) is 0 Å². The summed E-state index contributed by atoms with van der Waals surface area (Å²) in [7, 11) is 0. The third-order valence-corrected chi connectivity index (χ3v) is 2.86. The second-order valence-electron chi connectivity index (χ2n) is 5.55. The number of rotatable bonds is 3. The Kier molecular flexibility index (Phi) is 2.86. The van der Waals surface area contributed by atoms with Crippen LogP contribution in [0.4, 0.5) is 0 Å². The Balaban J connectivity index is 2.49. The highest BCUT2D eigenvalue weighted by molar-refractivity contribution is 5.91. The fourth-order valence-electron chi connectivity index (χ4n) is 1.78. The molecule has 1 aliphatic rings. The van der Waals surface area contributed by atoms with Gasteiger partial charge in [0.05, 0.1) is 6.10 Å². The van der Waals surface area contributed by atoms with Gasteiger partial charge < -0.3 is 9.84 Å². The largest absolute Gasteiger partial charge is 0.489 e. The monoisotopic (exact) mass is 234 g/mol. The van der Waals surface area contributed by atoms with Crippen molar-refractivity contribution in [2.45, 2.75) is 45.1 Å². The molecule has 1 N–H and O–H groups in total. The highest BCUT2D eigenvalue weighted by atomic mass is 16.5. The third-order valence-electron chi connectivity index (χ3n) is 2.86. The van der Waals surface area contributed by atoms with Crippen LogP contribution in [0.1, 0.15) is 49.5 Å². The molecule has 0 unspecified atom stereocenters. The Bertz CT molecular complexity index is 439. The third kappa shape index (κ3) is 2.60. The Morgan fingerprint density at radius 2 is 2.00 bits per heavy atom. The van der Waals surface area contributed by atoms with Crippen molar-refractivity contribution in [2.24, 2.45) is 0 Å². The van der Waals surface area contributed by atoms with Gasteiger partial charge in [-0.3, -0.25) is 0 Å². The summed E-state index contributed by atoms with van der Waals surface area (Å²) in [4.78, 5) is 11.2. The number of carboxylic acid groups (broad SMARTS) is 1. The number of para-hydroxylation sites is 1. The minimum absolute atomic E-state index is 0.115. The van der Waals surface area contributed by atoms with Crippen molar-refractivity contribution in [1.82, 2.24) is 0 Å². The molecule has 0 spiro atoms. The minimum atomic E-state index is -0.924. The van der Waals surface area contributed by atoms with Gasteiger partial charge in [-0.25, -0.2) is 4.79 Å². The van der Waals surface area contributed by atoms with Gasteiger partial charge >= 0.3 is 5.97 Å². The highest BCUT2D eigenvalue weighted by Crippen LogP contribution is 2.37. The standard InChI is InChI=1S/C14H18O3/c1-14(2,3)11-6-4-5-10(13(15)16)12(11)17-9-7-8-9/h4-6,9H,7-8H2,1-3H3,(H,15,16). The van der Waals surface area contributed by atoms with E-state index >= 15 is 0 Å². The van der Waals surface area contributed by atoms with Crippen LogP contribution in [0.3, 0.4) is 0 Å². The molecule has 1 aromatic rings. The Morgan fingerprint density at radius 1 is 1.35 bits per heavy atom. The maximum absolute atomic E-state index is 11.2. The topological polar surface area (TPSA) is 46.5 Å². The van der Waals surface area contributed by atoms with Crippen LogP contribution in [0.5, 0.6) is 5.75 Å². The number of aromatic carboxylic acids is 1. The predicted molar refractivity (Wildman–Crippen MR) is 65.8 cm³/mol. The lowest BCUT2D eigenvalue weighted by Gasteiger charge is -2.24. The summed E-state index contributed by atoms with van der Waals surface area (Å²) in [6.07, 6.45) is 2.26. The van der Waals surface area contributed by atoms with Crippen molar-refractivity contribution in [3.05, 3.63) is 29.3 Å². The zero-order valence-electron chi connectivity index (χ0n) is 10.5. The summed E-state index contributed by atoms with van der Waals surface area (Å²) >= 11 is 0. The van der Waals surface area contributed by atoms with Crippen molar-refractivity contribution in [3.8, 4) is 5.75 Å². The van der Waals surface area contributed by atoms with Crippen LogP contribution in [-0.2, 0) is 5.41 Å². The molecule has 1 saturated carbocycles. The molecule has 3 nitrogen and oxygen atoms in total. The zero-order chi connectivity index (χ0) is 12.6. The molecule has 1 aromatic carbocycles. The molecule has 1 aliphatic carbocycles. The quantitative estimate of drug-likeness (QED) is 0.873. The molecular weight excluding hydrogens is 216 g/mol. The van der Waals surface area contributed by atoms with Gasteiger partial charge in [0.15, 0.2) is 0 Å². The lowest BCUT2D eigenvalue weighted by molar-refractivity contribution is 0.0691. The molecule has 0 radical (unpaired) electrons. The van der Waals surface area contributed by atoms with Crippen molar-refractivity contribution in [2.75, 3.05) is 0 Å². The van der Waals surface area contributed by atoms with Crippen LogP contribution in [-0.4, -0.2) is 17.2 Å². The smallest absolute Gasteiger partial charge is 0.339 e. The normalized spacial score (nSPS) is 15.7. The summed E-state index contributed by atoms with van der Waals surface area (Å²) in [6, 6.07) is 5.34. The van der Waals surface area contributed by atoms with Crippen LogP contribution in [0, 0.1) is 0 Å². The van der Waals surface area contributed by atoms with Gasteiger partial charge in [-0.2, -0.15) is 0 Å². The SMILES string of the molecule is CC(C)(C)c1cccc(C(=O)O)c1OC1CC1. The van der Waals surface area contributed by atoms with Crippen molar-refractivity contribution in [3.63, 3.8) is 0 Å². The van der Waals surface area contributed by atoms with Gasteiger partial charge in [0, 0.05) is 5.56 Å². The Hall–Kier alpha value is -1.51. The van der Waals surface area contributed by atoms with E-state index in [2.05, 4.69) is 20.8 Å². The van der Waals surface area contributed by atoms with Crippen molar-refractivity contribution < 1.29 is 14.6 Å². The minimum Gasteiger partial charge on any atom is -0.489 e. The lowest BCUT2D eigenvalue weighted by atomic mass is 9.85. The average Bonchev–Trinajstić information content (AvgIpc) is 3.00. The lowest BCUT2D eigenvalue weighted by Crippen LogP contribution is -2.16. The summed E-state index contributed by atoms with van der Waals surface area (Å²) in [5.74, 6) is -0.373. The number of hydrogen-bond donors (Lipinski definition) is 1. The van der Waals surface area contributed by atoms with Crippen LogP contribution in [0.2, 0.25) is 0 Å². The van der Waals surface area contributed by atoms with Gasteiger partial charge in [0.1, 0.15) is 11.3 Å². The van der Waals surface area contributed by atoms with Crippen LogP contribution in [0.15, 0.2) is 18.2 Å². The number of hydrogen-bond acceptors (Lipinski definition) is 2. The molecule has 0 aliphatic heterocycles. The predicted octanol–water partition coefficient (Wildman–Crippen LogP) is 3.22. The van der Waals surface area contributed by atoms with Crippen molar-refractivity contribution in [1.29, 1.82) is 0 Å². The Morgan fingerprint density at radius 3 is 2.47 bits per heavy atom. The summed E-state index contributed by atoms with van der Waals surface area (Å²) in [6.45, 7) is 6.19. The zero-order valence-corrected chi connectivity index (χ0v) is 10.5. The van der Waals surface area contributed by atoms with E-state index in [1.54, 1.807) is 12.1 Å². The van der Waals surface area contributed by atoms with E-state index in [0.29, 0.717) is 5.75 Å². The maximum atomic E-state index is 11.2. The van der Waals surface area contributed by atoms with Gasteiger partial charge in [-0.05, 0) is 24.3 Å². The molecule has 2 rings (SSSR count). The molecule has 0 saturated heterocycles. The molecular formula is C14H18O3. The van der Waals surface area contributed by atoms with E-state index in [4.69, 9.17) is 4.74 Å². The van der Waals surface area contributed by atoms with Crippen molar-refractivity contribution >= 4 is 5.97 Å². The van der Waals surface area contributed by atoms with Crippen LogP contribution in [0.25, 0.3) is 0 Å². The number of benzene rings is 1. The maximum Gasteiger partial charge on any atom is 0.339 e. The molecule has 0 bridgehead atoms.